The standard InChI is InChI=1S/C16H23F3N2/c1-2-11-5-3-4-6-14(11)15(21-20)12-7-9-13(10-8-12)16(17,18)19/h7-11,14-15,21H,2-6,20H2,1H3. The van der Waals surface area contributed by atoms with Crippen LogP contribution in [0.5, 0.6) is 0 Å². The normalized spacial score (nSPS) is 24.8. The van der Waals surface area contributed by atoms with E-state index in [0.29, 0.717) is 11.8 Å². The number of hydrazine groups is 1. The minimum Gasteiger partial charge on any atom is -0.271 e. The molecule has 3 N–H and O–H groups in total. The molecule has 1 aliphatic rings. The molecule has 0 spiro atoms. The molecule has 3 unspecified atom stereocenters. The fourth-order valence-electron chi connectivity index (χ4n) is 3.53. The number of rotatable bonds is 4. The van der Waals surface area contributed by atoms with Gasteiger partial charge in [0.25, 0.3) is 0 Å². The van der Waals surface area contributed by atoms with Gasteiger partial charge < -0.3 is 0 Å². The molecule has 1 saturated carbocycles. The largest absolute Gasteiger partial charge is 0.416 e. The van der Waals surface area contributed by atoms with Gasteiger partial charge in [0.1, 0.15) is 0 Å². The van der Waals surface area contributed by atoms with Crippen molar-refractivity contribution in [2.45, 2.75) is 51.2 Å². The van der Waals surface area contributed by atoms with Gasteiger partial charge in [-0.25, -0.2) is 0 Å². The van der Waals surface area contributed by atoms with Crippen molar-refractivity contribution >= 4 is 0 Å². The first kappa shape index (κ1) is 16.3. The van der Waals surface area contributed by atoms with Gasteiger partial charge in [-0.15, -0.1) is 0 Å². The van der Waals surface area contributed by atoms with Gasteiger partial charge in [0.15, 0.2) is 0 Å². The van der Waals surface area contributed by atoms with Crippen LogP contribution < -0.4 is 11.3 Å². The zero-order valence-corrected chi connectivity index (χ0v) is 12.3. The molecular formula is C16H23F3N2. The lowest BCUT2D eigenvalue weighted by Crippen LogP contribution is -2.38. The highest BCUT2D eigenvalue weighted by atomic mass is 19.4. The molecule has 1 aliphatic carbocycles. The smallest absolute Gasteiger partial charge is 0.271 e. The second-order valence-corrected chi connectivity index (χ2v) is 5.88. The van der Waals surface area contributed by atoms with Crippen molar-refractivity contribution in [3.63, 3.8) is 0 Å². The fourth-order valence-corrected chi connectivity index (χ4v) is 3.53. The van der Waals surface area contributed by atoms with Crippen molar-refractivity contribution < 1.29 is 13.2 Å². The lowest BCUT2D eigenvalue weighted by atomic mass is 9.72. The number of hydrogen-bond donors (Lipinski definition) is 2. The van der Waals surface area contributed by atoms with Crippen molar-refractivity contribution in [3.05, 3.63) is 35.4 Å². The van der Waals surface area contributed by atoms with E-state index in [1.807, 2.05) is 0 Å². The van der Waals surface area contributed by atoms with Crippen LogP contribution in [0.3, 0.4) is 0 Å². The summed E-state index contributed by atoms with van der Waals surface area (Å²) in [6.45, 7) is 2.17. The molecule has 118 valence electrons. The number of nitrogens with two attached hydrogens (primary N) is 1. The van der Waals surface area contributed by atoms with Crippen LogP contribution in [0, 0.1) is 11.8 Å². The quantitative estimate of drug-likeness (QED) is 0.638. The lowest BCUT2D eigenvalue weighted by Gasteiger charge is -2.36. The number of hydrogen-bond acceptors (Lipinski definition) is 2. The highest BCUT2D eigenvalue weighted by Gasteiger charge is 2.33. The van der Waals surface area contributed by atoms with E-state index in [0.717, 1.165) is 30.5 Å². The van der Waals surface area contributed by atoms with Gasteiger partial charge in [-0.05, 0) is 36.0 Å². The van der Waals surface area contributed by atoms with E-state index in [1.165, 1.54) is 19.3 Å². The van der Waals surface area contributed by atoms with Crippen LogP contribution in [0.1, 0.15) is 56.2 Å². The average molecular weight is 300 g/mol. The number of halogens is 3. The number of alkyl halides is 3. The molecule has 1 fully saturated rings. The SMILES string of the molecule is CCC1CCCCC1C(NN)c1ccc(C(F)(F)F)cc1. The Morgan fingerprint density at radius 2 is 1.81 bits per heavy atom. The van der Waals surface area contributed by atoms with E-state index in [-0.39, 0.29) is 6.04 Å². The fraction of sp³-hybridized carbons (Fsp3) is 0.625. The van der Waals surface area contributed by atoms with E-state index < -0.39 is 11.7 Å². The Hall–Kier alpha value is -1.07. The summed E-state index contributed by atoms with van der Waals surface area (Å²) in [6.07, 6.45) is 1.46. The Kier molecular flexibility index (Phi) is 5.27. The van der Waals surface area contributed by atoms with Gasteiger partial charge in [-0.2, -0.15) is 13.2 Å². The number of nitrogens with one attached hydrogen (secondary N) is 1. The summed E-state index contributed by atoms with van der Waals surface area (Å²) in [5, 5.41) is 0. The molecular weight excluding hydrogens is 277 g/mol. The maximum absolute atomic E-state index is 12.6. The van der Waals surface area contributed by atoms with E-state index in [9.17, 15) is 13.2 Å². The molecule has 0 bridgehead atoms. The third-order valence-electron chi connectivity index (χ3n) is 4.70. The Balaban J connectivity index is 2.20. The van der Waals surface area contributed by atoms with Gasteiger partial charge in [0.2, 0.25) is 0 Å². The number of benzene rings is 1. The molecule has 2 nitrogen and oxygen atoms in total. The minimum absolute atomic E-state index is 0.0717. The predicted molar refractivity (Wildman–Crippen MR) is 77.2 cm³/mol. The van der Waals surface area contributed by atoms with Gasteiger partial charge in [0, 0.05) is 6.04 Å². The summed E-state index contributed by atoms with van der Waals surface area (Å²) in [5.74, 6) is 6.68. The van der Waals surface area contributed by atoms with Gasteiger partial charge >= 0.3 is 6.18 Å². The zero-order valence-electron chi connectivity index (χ0n) is 12.3. The summed E-state index contributed by atoms with van der Waals surface area (Å²) >= 11 is 0. The third-order valence-corrected chi connectivity index (χ3v) is 4.70. The van der Waals surface area contributed by atoms with Crippen molar-refractivity contribution in [1.82, 2.24) is 5.43 Å². The van der Waals surface area contributed by atoms with Crippen molar-refractivity contribution in [1.29, 1.82) is 0 Å². The Morgan fingerprint density at radius 1 is 1.19 bits per heavy atom. The Morgan fingerprint density at radius 3 is 2.33 bits per heavy atom. The summed E-state index contributed by atoms with van der Waals surface area (Å²) in [4.78, 5) is 0. The van der Waals surface area contributed by atoms with Crippen molar-refractivity contribution in [2.24, 2.45) is 17.7 Å². The molecule has 21 heavy (non-hydrogen) atoms. The molecule has 0 aromatic heterocycles. The first-order valence-electron chi connectivity index (χ1n) is 7.60. The minimum atomic E-state index is -4.29. The van der Waals surface area contributed by atoms with Crippen LogP contribution >= 0.6 is 0 Å². The Labute approximate surface area is 123 Å². The first-order chi connectivity index (χ1) is 9.97. The molecule has 0 heterocycles. The van der Waals surface area contributed by atoms with Crippen LogP contribution in [0.4, 0.5) is 13.2 Å². The molecule has 0 saturated heterocycles. The molecule has 1 aromatic rings. The van der Waals surface area contributed by atoms with Crippen molar-refractivity contribution in [3.8, 4) is 0 Å². The molecule has 1 aromatic carbocycles. The molecule has 0 radical (unpaired) electrons. The van der Waals surface area contributed by atoms with E-state index in [4.69, 9.17) is 5.84 Å². The zero-order chi connectivity index (χ0) is 15.5. The van der Waals surface area contributed by atoms with Crippen LogP contribution in [-0.4, -0.2) is 0 Å². The monoisotopic (exact) mass is 300 g/mol. The lowest BCUT2D eigenvalue weighted by molar-refractivity contribution is -0.137. The second-order valence-electron chi connectivity index (χ2n) is 5.88. The van der Waals surface area contributed by atoms with Crippen molar-refractivity contribution in [2.75, 3.05) is 0 Å². The maximum atomic E-state index is 12.6. The molecule has 0 aliphatic heterocycles. The van der Waals surface area contributed by atoms with E-state index in [1.54, 1.807) is 12.1 Å². The summed E-state index contributed by atoms with van der Waals surface area (Å²) in [7, 11) is 0. The Bertz CT molecular complexity index is 442. The second kappa shape index (κ2) is 6.79. The molecule has 2 rings (SSSR count). The maximum Gasteiger partial charge on any atom is 0.416 e. The third kappa shape index (κ3) is 3.77. The highest BCUT2D eigenvalue weighted by Crippen LogP contribution is 2.40. The highest BCUT2D eigenvalue weighted by molar-refractivity contribution is 5.27. The summed E-state index contributed by atoms with van der Waals surface area (Å²) < 4.78 is 37.9. The molecule has 5 heteroatoms. The van der Waals surface area contributed by atoms with Gasteiger partial charge in [0.05, 0.1) is 5.56 Å². The molecule has 0 amide bonds. The van der Waals surface area contributed by atoms with E-state index >= 15 is 0 Å². The summed E-state index contributed by atoms with van der Waals surface area (Å²) in [5.41, 5.74) is 3.06. The van der Waals surface area contributed by atoms with Crippen LogP contribution in [0.25, 0.3) is 0 Å². The van der Waals surface area contributed by atoms with Crippen LogP contribution in [-0.2, 0) is 6.18 Å². The van der Waals surface area contributed by atoms with Crippen LogP contribution in [0.15, 0.2) is 24.3 Å². The van der Waals surface area contributed by atoms with E-state index in [2.05, 4.69) is 12.3 Å². The van der Waals surface area contributed by atoms with Gasteiger partial charge in [-0.1, -0.05) is 44.7 Å². The molecule has 3 atom stereocenters. The summed E-state index contributed by atoms with van der Waals surface area (Å²) in [6, 6.07) is 5.31. The first-order valence-corrected chi connectivity index (χ1v) is 7.60. The van der Waals surface area contributed by atoms with Crippen LogP contribution in [0.2, 0.25) is 0 Å². The predicted octanol–water partition coefficient (Wildman–Crippen LogP) is 4.43. The average Bonchev–Trinajstić information content (AvgIpc) is 2.48. The van der Waals surface area contributed by atoms with Gasteiger partial charge in [-0.3, -0.25) is 11.3 Å². The topological polar surface area (TPSA) is 38.0 Å².